The van der Waals surface area contributed by atoms with Gasteiger partial charge >= 0.3 is 5.97 Å². The number of carbonyl (C=O) groups is 1. The zero-order valence-corrected chi connectivity index (χ0v) is 11.5. The van der Waals surface area contributed by atoms with Gasteiger partial charge in [-0.3, -0.25) is 10.1 Å². The number of hydrogen-bond donors (Lipinski definition) is 1. The van der Waals surface area contributed by atoms with Crippen LogP contribution in [0.2, 0.25) is 0 Å². The van der Waals surface area contributed by atoms with Crippen molar-refractivity contribution in [1.82, 2.24) is 4.31 Å². The van der Waals surface area contributed by atoms with Gasteiger partial charge in [-0.2, -0.15) is 4.31 Å². The first kappa shape index (κ1) is 15.4. The Labute approximate surface area is 119 Å². The fourth-order valence-electron chi connectivity index (χ4n) is 1.90. The van der Waals surface area contributed by atoms with Crippen LogP contribution in [0.3, 0.4) is 0 Å². The van der Waals surface area contributed by atoms with Crippen molar-refractivity contribution in [3.05, 3.63) is 34.4 Å². The zero-order valence-electron chi connectivity index (χ0n) is 10.7. The molecule has 10 heteroatoms. The van der Waals surface area contributed by atoms with Gasteiger partial charge in [0, 0.05) is 18.7 Å². The normalized spacial score (nSPS) is 20.1. The predicted octanol–water partition coefficient (Wildman–Crippen LogP) is 0.0689. The lowest BCUT2D eigenvalue weighted by molar-refractivity contribution is -0.385. The van der Waals surface area contributed by atoms with Gasteiger partial charge in [0.05, 0.1) is 23.0 Å². The summed E-state index contributed by atoms with van der Waals surface area (Å²) >= 11 is 0. The third-order valence-electron chi connectivity index (χ3n) is 2.97. The summed E-state index contributed by atoms with van der Waals surface area (Å²) in [5, 5.41) is 19.6. The summed E-state index contributed by atoms with van der Waals surface area (Å²) in [4.78, 5) is 20.6. The van der Waals surface area contributed by atoms with Gasteiger partial charge in [-0.05, 0) is 6.07 Å². The number of carboxylic acids is 1. The number of nitrogens with zero attached hydrogens (tertiary/aromatic N) is 2. The number of benzene rings is 1. The lowest BCUT2D eigenvalue weighted by Crippen LogP contribution is -2.48. The van der Waals surface area contributed by atoms with Crippen molar-refractivity contribution in [3.63, 3.8) is 0 Å². The molecule has 0 bridgehead atoms. The molecule has 114 valence electrons. The fourth-order valence-corrected chi connectivity index (χ4v) is 3.36. The number of sulfonamides is 1. The molecule has 1 unspecified atom stereocenters. The van der Waals surface area contributed by atoms with Crippen LogP contribution < -0.4 is 0 Å². The third-order valence-corrected chi connectivity index (χ3v) is 4.83. The van der Waals surface area contributed by atoms with Gasteiger partial charge in [0.25, 0.3) is 5.69 Å². The van der Waals surface area contributed by atoms with E-state index in [1.54, 1.807) is 0 Å². The van der Waals surface area contributed by atoms with Crippen LogP contribution in [0, 0.1) is 10.1 Å². The molecule has 1 N–H and O–H groups in total. The average molecular weight is 316 g/mol. The summed E-state index contributed by atoms with van der Waals surface area (Å²) < 4.78 is 30.7. The average Bonchev–Trinajstić information content (AvgIpc) is 2.47. The van der Waals surface area contributed by atoms with Crippen molar-refractivity contribution in [2.45, 2.75) is 11.0 Å². The molecule has 0 aromatic heterocycles. The highest BCUT2D eigenvalue weighted by Crippen LogP contribution is 2.22. The van der Waals surface area contributed by atoms with Crippen LogP contribution in [0.5, 0.6) is 0 Å². The van der Waals surface area contributed by atoms with Crippen molar-refractivity contribution in [1.29, 1.82) is 0 Å². The number of morpholine rings is 1. The standard InChI is InChI=1S/C11H12N2O7S/c14-11(15)10-7-12(4-5-20-10)21(18,19)9-3-1-2-8(6-9)13(16)17/h1-3,6,10H,4-5,7H2,(H,14,15). The highest BCUT2D eigenvalue weighted by atomic mass is 32.2. The molecule has 0 amide bonds. The predicted molar refractivity (Wildman–Crippen MR) is 69.2 cm³/mol. The molecular formula is C11H12N2O7S. The Morgan fingerprint density at radius 2 is 2.19 bits per heavy atom. The maximum Gasteiger partial charge on any atom is 0.334 e. The number of rotatable bonds is 4. The second-order valence-corrected chi connectivity index (χ2v) is 6.25. The summed E-state index contributed by atoms with van der Waals surface area (Å²) in [7, 11) is -4.00. The quantitative estimate of drug-likeness (QED) is 0.615. The van der Waals surface area contributed by atoms with Crippen LogP contribution >= 0.6 is 0 Å². The number of aliphatic carboxylic acids is 1. The SMILES string of the molecule is O=C(O)C1CN(S(=O)(=O)c2cccc([N+](=O)[O-])c2)CCO1. The van der Waals surface area contributed by atoms with Crippen LogP contribution in [-0.4, -0.2) is 54.5 Å². The van der Waals surface area contributed by atoms with E-state index in [4.69, 9.17) is 9.84 Å². The summed E-state index contributed by atoms with van der Waals surface area (Å²) in [5.74, 6) is -1.26. The Bertz CT molecular complexity index is 673. The third kappa shape index (κ3) is 3.17. The molecule has 21 heavy (non-hydrogen) atoms. The summed E-state index contributed by atoms with van der Waals surface area (Å²) in [6, 6.07) is 4.62. The van der Waals surface area contributed by atoms with E-state index >= 15 is 0 Å². The Morgan fingerprint density at radius 3 is 2.81 bits per heavy atom. The topological polar surface area (TPSA) is 127 Å². The smallest absolute Gasteiger partial charge is 0.334 e. The van der Waals surface area contributed by atoms with Crippen molar-refractivity contribution in [2.24, 2.45) is 0 Å². The largest absolute Gasteiger partial charge is 0.479 e. The van der Waals surface area contributed by atoms with E-state index < -0.39 is 27.0 Å². The molecule has 1 aliphatic rings. The Hall–Kier alpha value is -2.04. The van der Waals surface area contributed by atoms with E-state index in [1.165, 1.54) is 18.2 Å². The van der Waals surface area contributed by atoms with Crippen molar-refractivity contribution in [3.8, 4) is 0 Å². The number of nitro groups is 1. The van der Waals surface area contributed by atoms with Gasteiger partial charge in [-0.25, -0.2) is 13.2 Å². The van der Waals surface area contributed by atoms with Crippen molar-refractivity contribution >= 4 is 21.7 Å². The van der Waals surface area contributed by atoms with Crippen LogP contribution in [0.4, 0.5) is 5.69 Å². The molecular weight excluding hydrogens is 304 g/mol. The van der Waals surface area contributed by atoms with Gasteiger partial charge in [-0.15, -0.1) is 0 Å². The molecule has 1 aliphatic heterocycles. The molecule has 1 aromatic carbocycles. The minimum Gasteiger partial charge on any atom is -0.479 e. The highest BCUT2D eigenvalue weighted by Gasteiger charge is 2.34. The molecule has 0 aliphatic carbocycles. The molecule has 9 nitrogen and oxygen atoms in total. The summed E-state index contributed by atoms with van der Waals surface area (Å²) in [6.07, 6.45) is -1.24. The fraction of sp³-hybridized carbons (Fsp3) is 0.364. The number of carboxylic acid groups (broad SMARTS) is 1. The van der Waals surface area contributed by atoms with Crippen LogP contribution in [-0.2, 0) is 19.6 Å². The summed E-state index contributed by atoms with van der Waals surface area (Å²) in [6.45, 7) is -0.389. The summed E-state index contributed by atoms with van der Waals surface area (Å²) in [5.41, 5.74) is -0.348. The number of non-ortho nitro benzene ring substituents is 1. The van der Waals surface area contributed by atoms with E-state index in [9.17, 15) is 23.3 Å². The maximum atomic E-state index is 12.4. The molecule has 1 saturated heterocycles. The number of ether oxygens (including phenoxy) is 1. The Morgan fingerprint density at radius 1 is 1.48 bits per heavy atom. The van der Waals surface area contributed by atoms with Gasteiger partial charge in [0.1, 0.15) is 0 Å². The highest BCUT2D eigenvalue weighted by molar-refractivity contribution is 7.89. The lowest BCUT2D eigenvalue weighted by Gasteiger charge is -2.29. The molecule has 1 aromatic rings. The van der Waals surface area contributed by atoms with E-state index in [0.29, 0.717) is 0 Å². The number of hydrogen-bond acceptors (Lipinski definition) is 6. The Balaban J connectivity index is 2.31. The minimum absolute atomic E-state index is 0.00515. The van der Waals surface area contributed by atoms with Gasteiger partial charge < -0.3 is 9.84 Å². The van der Waals surface area contributed by atoms with Crippen molar-refractivity contribution in [2.75, 3.05) is 19.7 Å². The molecule has 0 radical (unpaired) electrons. The molecule has 1 atom stereocenters. The van der Waals surface area contributed by atoms with E-state index in [2.05, 4.69) is 0 Å². The first-order valence-corrected chi connectivity index (χ1v) is 7.35. The maximum absolute atomic E-state index is 12.4. The minimum atomic E-state index is -4.00. The van der Waals surface area contributed by atoms with Crippen LogP contribution in [0.25, 0.3) is 0 Å². The molecule has 1 heterocycles. The zero-order chi connectivity index (χ0) is 15.6. The monoisotopic (exact) mass is 316 g/mol. The lowest BCUT2D eigenvalue weighted by atomic mass is 10.3. The first-order chi connectivity index (χ1) is 9.82. The van der Waals surface area contributed by atoms with Crippen LogP contribution in [0.1, 0.15) is 0 Å². The molecule has 0 spiro atoms. The van der Waals surface area contributed by atoms with E-state index in [0.717, 1.165) is 10.4 Å². The van der Waals surface area contributed by atoms with Gasteiger partial charge in [0.15, 0.2) is 6.10 Å². The second-order valence-electron chi connectivity index (χ2n) is 4.32. The van der Waals surface area contributed by atoms with E-state index in [-0.39, 0.29) is 30.3 Å². The number of nitro benzene ring substituents is 1. The Kier molecular flexibility index (Phi) is 4.21. The molecule has 0 saturated carbocycles. The van der Waals surface area contributed by atoms with Crippen LogP contribution in [0.15, 0.2) is 29.2 Å². The van der Waals surface area contributed by atoms with E-state index in [1.807, 2.05) is 0 Å². The van der Waals surface area contributed by atoms with Crippen molar-refractivity contribution < 1.29 is 28.0 Å². The molecule has 2 rings (SSSR count). The van der Waals surface area contributed by atoms with Gasteiger partial charge in [-0.1, -0.05) is 6.07 Å². The van der Waals surface area contributed by atoms with Gasteiger partial charge in [0.2, 0.25) is 10.0 Å². The molecule has 1 fully saturated rings. The first-order valence-electron chi connectivity index (χ1n) is 5.91. The second kappa shape index (κ2) is 5.76.